The minimum absolute atomic E-state index is 0.655. The number of rotatable bonds is 8. The average molecular weight is 385 g/mol. The Kier molecular flexibility index (Phi) is 7.14. The molecule has 0 aromatic carbocycles. The molecule has 2 aliphatic rings. The normalized spacial score (nSPS) is 22.5. The van der Waals surface area contributed by atoms with Crippen molar-refractivity contribution in [1.29, 1.82) is 5.26 Å². The van der Waals surface area contributed by atoms with Crippen molar-refractivity contribution in [3.8, 4) is 6.07 Å². The molecule has 3 rings (SSSR count). The van der Waals surface area contributed by atoms with Crippen molar-refractivity contribution < 1.29 is 0 Å². The molecule has 2 aliphatic heterocycles. The number of pyridine rings is 1. The number of aromatic nitrogens is 1. The highest BCUT2D eigenvalue weighted by Gasteiger charge is 2.28. The van der Waals surface area contributed by atoms with Crippen LogP contribution in [0.1, 0.15) is 32.3 Å². The second-order valence-electron chi connectivity index (χ2n) is 8.56. The smallest absolute Gasteiger partial charge is 0.148 e. The van der Waals surface area contributed by atoms with Gasteiger partial charge in [-0.05, 0) is 64.0 Å². The molecule has 0 spiro atoms. The Labute approximate surface area is 170 Å². The fourth-order valence-electron chi connectivity index (χ4n) is 4.45. The summed E-state index contributed by atoms with van der Waals surface area (Å²) < 4.78 is 0. The molecule has 0 N–H and O–H groups in total. The van der Waals surface area contributed by atoms with E-state index in [-0.39, 0.29) is 0 Å². The van der Waals surface area contributed by atoms with Crippen molar-refractivity contribution >= 4 is 11.6 Å². The zero-order valence-electron chi connectivity index (χ0n) is 18.1. The molecule has 6 heteroatoms. The van der Waals surface area contributed by atoms with Crippen LogP contribution >= 0.6 is 0 Å². The summed E-state index contributed by atoms with van der Waals surface area (Å²) in [6, 6.07) is 6.36. The number of anilines is 2. The van der Waals surface area contributed by atoms with E-state index in [4.69, 9.17) is 4.98 Å². The van der Waals surface area contributed by atoms with E-state index in [0.717, 1.165) is 64.0 Å². The van der Waals surface area contributed by atoms with Gasteiger partial charge in [0.05, 0.1) is 5.56 Å². The van der Waals surface area contributed by atoms with Crippen molar-refractivity contribution in [3.63, 3.8) is 0 Å². The van der Waals surface area contributed by atoms with Crippen molar-refractivity contribution in [1.82, 2.24) is 14.8 Å². The van der Waals surface area contributed by atoms with Crippen LogP contribution in [-0.4, -0.2) is 81.2 Å². The molecule has 154 valence electrons. The lowest BCUT2D eigenvalue weighted by Crippen LogP contribution is -2.30. The van der Waals surface area contributed by atoms with Crippen LogP contribution in [0.5, 0.6) is 0 Å². The zero-order chi connectivity index (χ0) is 20.1. The highest BCUT2D eigenvalue weighted by molar-refractivity contribution is 5.59. The minimum atomic E-state index is 0.655. The Hall–Kier alpha value is -1.84. The first-order valence-electron chi connectivity index (χ1n) is 10.8. The molecule has 0 saturated carbocycles. The summed E-state index contributed by atoms with van der Waals surface area (Å²) in [5.74, 6) is 3.27. The first-order chi connectivity index (χ1) is 13.5. The third-order valence-electron chi connectivity index (χ3n) is 6.40. The van der Waals surface area contributed by atoms with Crippen LogP contribution in [0, 0.1) is 23.2 Å². The molecular formula is C22H36N6. The van der Waals surface area contributed by atoms with Gasteiger partial charge in [0, 0.05) is 39.3 Å². The summed E-state index contributed by atoms with van der Waals surface area (Å²) in [6.07, 6.45) is 2.40. The minimum Gasteiger partial charge on any atom is -0.356 e. The molecular weight excluding hydrogens is 348 g/mol. The van der Waals surface area contributed by atoms with E-state index in [2.05, 4.69) is 53.6 Å². The summed E-state index contributed by atoms with van der Waals surface area (Å²) in [6.45, 7) is 13.0. The molecule has 0 amide bonds. The zero-order valence-corrected chi connectivity index (χ0v) is 18.1. The van der Waals surface area contributed by atoms with Gasteiger partial charge in [0.2, 0.25) is 0 Å². The van der Waals surface area contributed by atoms with Gasteiger partial charge in [0.25, 0.3) is 0 Å². The number of nitrogens with zero attached hydrogens (tertiary/aromatic N) is 6. The third-order valence-corrected chi connectivity index (χ3v) is 6.40. The van der Waals surface area contributed by atoms with Gasteiger partial charge in [-0.2, -0.15) is 5.26 Å². The quantitative estimate of drug-likeness (QED) is 0.686. The van der Waals surface area contributed by atoms with Crippen LogP contribution in [0.25, 0.3) is 0 Å². The van der Waals surface area contributed by atoms with Gasteiger partial charge in [0.15, 0.2) is 0 Å². The third kappa shape index (κ3) is 4.95. The average Bonchev–Trinajstić information content (AvgIpc) is 3.37. The molecule has 0 bridgehead atoms. The van der Waals surface area contributed by atoms with Crippen molar-refractivity contribution in [2.24, 2.45) is 11.8 Å². The first kappa shape index (κ1) is 20.9. The molecule has 2 fully saturated rings. The van der Waals surface area contributed by atoms with Gasteiger partial charge in [-0.15, -0.1) is 0 Å². The van der Waals surface area contributed by atoms with E-state index < -0.39 is 0 Å². The molecule has 6 nitrogen and oxygen atoms in total. The molecule has 0 unspecified atom stereocenters. The van der Waals surface area contributed by atoms with Crippen LogP contribution in [0.4, 0.5) is 11.6 Å². The van der Waals surface area contributed by atoms with Gasteiger partial charge < -0.3 is 19.6 Å². The maximum Gasteiger partial charge on any atom is 0.148 e. The van der Waals surface area contributed by atoms with Crippen LogP contribution in [0.3, 0.4) is 0 Å². The molecule has 2 atom stereocenters. The van der Waals surface area contributed by atoms with Crippen molar-refractivity contribution in [3.05, 3.63) is 17.7 Å². The largest absolute Gasteiger partial charge is 0.356 e. The Morgan fingerprint density at radius 2 is 1.57 bits per heavy atom. The Morgan fingerprint density at radius 3 is 2.14 bits per heavy atom. The lowest BCUT2D eigenvalue weighted by atomic mass is 10.1. The second kappa shape index (κ2) is 9.58. The second-order valence-corrected chi connectivity index (χ2v) is 8.56. The van der Waals surface area contributed by atoms with E-state index in [9.17, 15) is 5.26 Å². The predicted octanol–water partition coefficient (Wildman–Crippen LogP) is 2.51. The van der Waals surface area contributed by atoms with Crippen LogP contribution in [-0.2, 0) is 0 Å². The van der Waals surface area contributed by atoms with Gasteiger partial charge in [-0.1, -0.05) is 13.8 Å². The Morgan fingerprint density at radius 1 is 1.00 bits per heavy atom. The highest BCUT2D eigenvalue weighted by Crippen LogP contribution is 2.30. The molecule has 0 aliphatic carbocycles. The fraction of sp³-hybridized carbons (Fsp3) is 0.727. The number of hydrogen-bond acceptors (Lipinski definition) is 6. The van der Waals surface area contributed by atoms with E-state index in [1.54, 1.807) is 0 Å². The molecule has 1 aromatic rings. The highest BCUT2D eigenvalue weighted by atomic mass is 15.3. The molecule has 1 aromatic heterocycles. The summed E-state index contributed by atoms with van der Waals surface area (Å²) >= 11 is 0. The summed E-state index contributed by atoms with van der Waals surface area (Å²) in [7, 11) is 4.38. The lowest BCUT2D eigenvalue weighted by molar-refractivity contribution is 0.300. The first-order valence-corrected chi connectivity index (χ1v) is 10.8. The Balaban J connectivity index is 1.69. The van der Waals surface area contributed by atoms with Crippen LogP contribution in [0.2, 0.25) is 0 Å². The van der Waals surface area contributed by atoms with Gasteiger partial charge in [-0.25, -0.2) is 4.98 Å². The summed E-state index contributed by atoms with van der Waals surface area (Å²) in [5.41, 5.74) is 0.703. The monoisotopic (exact) mass is 384 g/mol. The fourth-order valence-corrected chi connectivity index (χ4v) is 4.45. The maximum absolute atomic E-state index is 9.61. The topological polar surface area (TPSA) is 49.6 Å². The molecule has 2 saturated heterocycles. The molecule has 3 heterocycles. The maximum atomic E-state index is 9.61. The van der Waals surface area contributed by atoms with E-state index in [0.29, 0.717) is 17.4 Å². The standard InChI is InChI=1S/C22H36N6/c1-5-25(3)14-18-9-11-27(16-18)21-8-7-20(13-23)22(24-21)28-12-10-19(17-28)15-26(4)6-2/h7-8,18-19H,5-6,9-12,14-17H2,1-4H3/t18-,19+/m0/s1. The molecule has 28 heavy (non-hydrogen) atoms. The van der Waals surface area contributed by atoms with Crippen molar-refractivity contribution in [2.45, 2.75) is 26.7 Å². The van der Waals surface area contributed by atoms with E-state index in [1.165, 1.54) is 12.8 Å². The summed E-state index contributed by atoms with van der Waals surface area (Å²) in [4.78, 5) is 14.5. The van der Waals surface area contributed by atoms with Crippen LogP contribution < -0.4 is 9.80 Å². The van der Waals surface area contributed by atoms with E-state index >= 15 is 0 Å². The van der Waals surface area contributed by atoms with E-state index in [1.807, 2.05) is 12.1 Å². The number of nitriles is 1. The van der Waals surface area contributed by atoms with Crippen molar-refractivity contribution in [2.75, 3.05) is 76.3 Å². The van der Waals surface area contributed by atoms with Gasteiger partial charge >= 0.3 is 0 Å². The van der Waals surface area contributed by atoms with Gasteiger partial charge in [-0.3, -0.25) is 0 Å². The lowest BCUT2D eigenvalue weighted by Gasteiger charge is -2.24. The predicted molar refractivity (Wildman–Crippen MR) is 116 cm³/mol. The molecule has 0 radical (unpaired) electrons. The van der Waals surface area contributed by atoms with Gasteiger partial charge in [0.1, 0.15) is 17.7 Å². The SMILES string of the molecule is CCN(C)C[C@H]1CCN(c2nc(N3CC[C@@H](CN(C)CC)C3)ccc2C#N)C1. The van der Waals surface area contributed by atoms with Crippen LogP contribution in [0.15, 0.2) is 12.1 Å². The Bertz CT molecular complexity index is 684. The summed E-state index contributed by atoms with van der Waals surface area (Å²) in [5, 5.41) is 9.61. The number of hydrogen-bond donors (Lipinski definition) is 0.